The number of amides is 1. The van der Waals surface area contributed by atoms with Crippen molar-refractivity contribution in [2.45, 2.75) is 45.8 Å². The molecular formula is C16H23NO3. The molecule has 1 heterocycles. The Labute approximate surface area is 120 Å². The van der Waals surface area contributed by atoms with E-state index in [0.717, 1.165) is 36.3 Å². The van der Waals surface area contributed by atoms with E-state index in [1.807, 2.05) is 32.0 Å². The fourth-order valence-corrected chi connectivity index (χ4v) is 2.24. The summed E-state index contributed by atoms with van der Waals surface area (Å²) < 4.78 is 11.2. The molecule has 0 unspecified atom stereocenters. The molecule has 1 N–H and O–H groups in total. The van der Waals surface area contributed by atoms with Gasteiger partial charge in [0.15, 0.2) is 6.10 Å². The van der Waals surface area contributed by atoms with E-state index in [4.69, 9.17) is 9.47 Å². The zero-order chi connectivity index (χ0) is 14.5. The van der Waals surface area contributed by atoms with Gasteiger partial charge in [0, 0.05) is 13.2 Å². The smallest absolute Gasteiger partial charge is 0.260 e. The largest absolute Gasteiger partial charge is 0.481 e. The lowest BCUT2D eigenvalue weighted by molar-refractivity contribution is -0.127. The monoisotopic (exact) mass is 277 g/mol. The molecule has 4 heteroatoms. The Hall–Kier alpha value is -1.55. The fourth-order valence-electron chi connectivity index (χ4n) is 2.24. The lowest BCUT2D eigenvalue weighted by Gasteiger charge is -2.18. The lowest BCUT2D eigenvalue weighted by atomic mass is 10.1. The normalized spacial score (nSPS) is 19.6. The van der Waals surface area contributed by atoms with Crippen LogP contribution in [0.25, 0.3) is 0 Å². The van der Waals surface area contributed by atoms with Crippen molar-refractivity contribution in [2.24, 2.45) is 0 Å². The van der Waals surface area contributed by atoms with Gasteiger partial charge in [0.1, 0.15) is 5.75 Å². The van der Waals surface area contributed by atoms with Gasteiger partial charge in [0.25, 0.3) is 5.91 Å². The quantitative estimate of drug-likeness (QED) is 0.899. The van der Waals surface area contributed by atoms with E-state index in [9.17, 15) is 4.79 Å². The van der Waals surface area contributed by atoms with Gasteiger partial charge in [-0.2, -0.15) is 0 Å². The summed E-state index contributed by atoms with van der Waals surface area (Å²) in [4.78, 5) is 12.0. The highest BCUT2D eigenvalue weighted by molar-refractivity contribution is 5.80. The second-order valence-corrected chi connectivity index (χ2v) is 5.41. The van der Waals surface area contributed by atoms with E-state index in [1.165, 1.54) is 0 Å². The Balaban J connectivity index is 1.85. The predicted molar refractivity (Wildman–Crippen MR) is 78.0 cm³/mol. The van der Waals surface area contributed by atoms with Crippen molar-refractivity contribution < 1.29 is 14.3 Å². The van der Waals surface area contributed by atoms with Crippen molar-refractivity contribution >= 4 is 5.91 Å². The van der Waals surface area contributed by atoms with Crippen molar-refractivity contribution in [1.82, 2.24) is 5.32 Å². The summed E-state index contributed by atoms with van der Waals surface area (Å²) in [5.74, 6) is 0.672. The number of hydrogen-bond donors (Lipinski definition) is 1. The van der Waals surface area contributed by atoms with E-state index in [2.05, 4.69) is 5.32 Å². The van der Waals surface area contributed by atoms with Gasteiger partial charge in [-0.3, -0.25) is 4.79 Å². The van der Waals surface area contributed by atoms with Crippen LogP contribution in [0, 0.1) is 13.8 Å². The SMILES string of the molecule is Cc1ccc(C)c(O[C@H](C)C(=O)NC[C@@H]2CCCO2)c1. The maximum Gasteiger partial charge on any atom is 0.260 e. The summed E-state index contributed by atoms with van der Waals surface area (Å²) in [7, 11) is 0. The van der Waals surface area contributed by atoms with E-state index in [0.29, 0.717) is 6.54 Å². The number of ether oxygens (including phenoxy) is 2. The minimum absolute atomic E-state index is 0.0959. The van der Waals surface area contributed by atoms with Gasteiger partial charge in [-0.1, -0.05) is 12.1 Å². The lowest BCUT2D eigenvalue weighted by Crippen LogP contribution is -2.40. The van der Waals surface area contributed by atoms with Crippen LogP contribution in [0.2, 0.25) is 0 Å². The summed E-state index contributed by atoms with van der Waals surface area (Å²) in [6.45, 7) is 7.13. The van der Waals surface area contributed by atoms with Gasteiger partial charge in [0.2, 0.25) is 0 Å². The van der Waals surface area contributed by atoms with Crippen LogP contribution in [-0.2, 0) is 9.53 Å². The zero-order valence-corrected chi connectivity index (χ0v) is 12.4. The van der Waals surface area contributed by atoms with Crippen molar-refractivity contribution in [2.75, 3.05) is 13.2 Å². The molecule has 2 rings (SSSR count). The van der Waals surface area contributed by atoms with Gasteiger partial charge in [-0.15, -0.1) is 0 Å². The van der Waals surface area contributed by atoms with Gasteiger partial charge < -0.3 is 14.8 Å². The van der Waals surface area contributed by atoms with Crippen molar-refractivity contribution in [3.63, 3.8) is 0 Å². The Morgan fingerprint density at radius 3 is 3.00 bits per heavy atom. The van der Waals surface area contributed by atoms with Gasteiger partial charge in [0.05, 0.1) is 6.10 Å². The highest BCUT2D eigenvalue weighted by atomic mass is 16.5. The average Bonchev–Trinajstić information content (AvgIpc) is 2.93. The molecule has 20 heavy (non-hydrogen) atoms. The van der Waals surface area contributed by atoms with E-state index < -0.39 is 6.10 Å². The van der Waals surface area contributed by atoms with Crippen LogP contribution in [0.5, 0.6) is 5.75 Å². The molecule has 0 aromatic heterocycles. The summed E-state index contributed by atoms with van der Waals surface area (Å²) in [6.07, 6.45) is 1.76. The highest BCUT2D eigenvalue weighted by Gasteiger charge is 2.20. The zero-order valence-electron chi connectivity index (χ0n) is 12.4. The highest BCUT2D eigenvalue weighted by Crippen LogP contribution is 2.20. The molecule has 2 atom stereocenters. The van der Waals surface area contributed by atoms with Gasteiger partial charge in [-0.25, -0.2) is 0 Å². The van der Waals surface area contributed by atoms with Crippen LogP contribution in [0.4, 0.5) is 0 Å². The van der Waals surface area contributed by atoms with Crippen LogP contribution in [0.1, 0.15) is 30.9 Å². The standard InChI is InChI=1S/C16H23NO3/c1-11-6-7-12(2)15(9-11)20-13(3)16(18)17-10-14-5-4-8-19-14/h6-7,9,13-14H,4-5,8,10H2,1-3H3,(H,17,18)/t13-,14+/m1/s1. The maximum absolute atomic E-state index is 12.0. The first-order valence-corrected chi connectivity index (χ1v) is 7.19. The minimum Gasteiger partial charge on any atom is -0.481 e. The molecule has 0 saturated carbocycles. The summed E-state index contributed by atoms with van der Waals surface area (Å²) in [6, 6.07) is 5.99. The third kappa shape index (κ3) is 3.97. The van der Waals surface area contributed by atoms with Crippen LogP contribution < -0.4 is 10.1 Å². The van der Waals surface area contributed by atoms with Crippen LogP contribution >= 0.6 is 0 Å². The molecule has 0 radical (unpaired) electrons. The summed E-state index contributed by atoms with van der Waals surface area (Å²) >= 11 is 0. The van der Waals surface area contributed by atoms with Crippen molar-refractivity contribution in [3.8, 4) is 5.75 Å². The van der Waals surface area contributed by atoms with E-state index in [-0.39, 0.29) is 12.0 Å². The maximum atomic E-state index is 12.0. The number of carbonyl (C=O) groups is 1. The Morgan fingerprint density at radius 2 is 2.30 bits per heavy atom. The molecule has 0 bridgehead atoms. The third-order valence-corrected chi connectivity index (χ3v) is 3.54. The molecule has 4 nitrogen and oxygen atoms in total. The number of benzene rings is 1. The first kappa shape index (κ1) is 14.9. The van der Waals surface area contributed by atoms with Crippen LogP contribution in [0.15, 0.2) is 18.2 Å². The molecule has 1 amide bonds. The molecule has 0 spiro atoms. The van der Waals surface area contributed by atoms with Crippen molar-refractivity contribution in [3.05, 3.63) is 29.3 Å². The second-order valence-electron chi connectivity index (χ2n) is 5.41. The van der Waals surface area contributed by atoms with E-state index in [1.54, 1.807) is 6.92 Å². The molecule has 1 aromatic rings. The molecular weight excluding hydrogens is 254 g/mol. The molecule has 110 valence electrons. The number of carbonyl (C=O) groups excluding carboxylic acids is 1. The first-order chi connectivity index (χ1) is 9.56. The van der Waals surface area contributed by atoms with E-state index >= 15 is 0 Å². The Morgan fingerprint density at radius 1 is 1.50 bits per heavy atom. The van der Waals surface area contributed by atoms with Gasteiger partial charge >= 0.3 is 0 Å². The molecule has 0 aliphatic carbocycles. The topological polar surface area (TPSA) is 47.6 Å². The van der Waals surface area contributed by atoms with Crippen LogP contribution in [0.3, 0.4) is 0 Å². The predicted octanol–water partition coefficient (Wildman–Crippen LogP) is 2.37. The summed E-state index contributed by atoms with van der Waals surface area (Å²) in [5.41, 5.74) is 2.16. The number of nitrogens with one attached hydrogen (secondary N) is 1. The molecule has 1 aromatic carbocycles. The Kier molecular flexibility index (Phi) is 5.01. The van der Waals surface area contributed by atoms with Gasteiger partial charge in [-0.05, 0) is 50.8 Å². The Bertz CT molecular complexity index is 467. The first-order valence-electron chi connectivity index (χ1n) is 7.19. The average molecular weight is 277 g/mol. The number of aryl methyl sites for hydroxylation is 2. The van der Waals surface area contributed by atoms with Crippen LogP contribution in [-0.4, -0.2) is 31.3 Å². The second kappa shape index (κ2) is 6.75. The minimum atomic E-state index is -0.503. The molecule has 1 aliphatic heterocycles. The molecule has 1 saturated heterocycles. The summed E-state index contributed by atoms with van der Waals surface area (Å²) in [5, 5.41) is 2.89. The van der Waals surface area contributed by atoms with Crippen molar-refractivity contribution in [1.29, 1.82) is 0 Å². The fraction of sp³-hybridized carbons (Fsp3) is 0.562. The third-order valence-electron chi connectivity index (χ3n) is 3.54. The number of rotatable bonds is 5. The number of hydrogen-bond acceptors (Lipinski definition) is 3. The molecule has 1 fully saturated rings. The molecule has 1 aliphatic rings.